The molecule has 1 fully saturated rings. The lowest BCUT2D eigenvalue weighted by atomic mass is 10.0. The first-order chi connectivity index (χ1) is 20.7. The number of nitrogens with one attached hydrogen (secondary N) is 1. The lowest BCUT2D eigenvalue weighted by Gasteiger charge is -2.34. The van der Waals surface area contributed by atoms with Gasteiger partial charge in [-0.05, 0) is 47.5 Å². The van der Waals surface area contributed by atoms with Gasteiger partial charge in [-0.15, -0.1) is 0 Å². The van der Waals surface area contributed by atoms with E-state index >= 15 is 0 Å². The minimum absolute atomic E-state index is 0.0939. The van der Waals surface area contributed by atoms with Gasteiger partial charge in [-0.1, -0.05) is 42.5 Å². The van der Waals surface area contributed by atoms with Gasteiger partial charge in [-0.3, -0.25) is 4.90 Å². The van der Waals surface area contributed by atoms with E-state index in [4.69, 9.17) is 4.98 Å². The van der Waals surface area contributed by atoms with Gasteiger partial charge >= 0.3 is 12.2 Å². The third kappa shape index (κ3) is 6.07. The Bertz CT molecular complexity index is 1780. The van der Waals surface area contributed by atoms with E-state index in [1.54, 1.807) is 29.3 Å². The van der Waals surface area contributed by atoms with Crippen LogP contribution in [0.4, 0.5) is 32.4 Å². The van der Waals surface area contributed by atoms with Gasteiger partial charge < -0.3 is 14.6 Å². The number of aromatic nitrogens is 2. The highest BCUT2D eigenvalue weighted by atomic mass is 19.4. The first-order valence-corrected chi connectivity index (χ1v) is 13.6. The van der Waals surface area contributed by atoms with Crippen molar-refractivity contribution in [2.45, 2.75) is 12.7 Å². The monoisotopic (exact) mass is 591 g/mol. The maximum absolute atomic E-state index is 14.0. The molecule has 3 aromatic carbocycles. The van der Waals surface area contributed by atoms with Crippen LogP contribution in [0.25, 0.3) is 28.0 Å². The van der Waals surface area contributed by atoms with E-state index < -0.39 is 29.4 Å². The molecular weight excluding hydrogens is 565 g/mol. The van der Waals surface area contributed by atoms with E-state index in [1.165, 1.54) is 12.1 Å². The fraction of sp³-hybridized carbons (Fsp3) is 0.188. The summed E-state index contributed by atoms with van der Waals surface area (Å²) in [7, 11) is 0. The molecule has 1 saturated heterocycles. The fourth-order valence-corrected chi connectivity index (χ4v) is 5.22. The van der Waals surface area contributed by atoms with Crippen molar-refractivity contribution >= 4 is 17.4 Å². The summed E-state index contributed by atoms with van der Waals surface area (Å²) in [5, 5.41) is 2.50. The van der Waals surface area contributed by atoms with Gasteiger partial charge in [0.2, 0.25) is 0 Å². The average molecular weight is 592 g/mol. The Morgan fingerprint density at radius 2 is 1.56 bits per heavy atom. The lowest BCUT2D eigenvalue weighted by Crippen LogP contribution is -2.49. The summed E-state index contributed by atoms with van der Waals surface area (Å²) in [5.74, 6) is -1.58. The molecule has 0 spiro atoms. The molecular formula is C32H26F5N5O. The minimum atomic E-state index is -4.45. The first kappa shape index (κ1) is 28.4. The summed E-state index contributed by atoms with van der Waals surface area (Å²) >= 11 is 0. The molecule has 3 heterocycles. The number of fused-ring (bicyclic) bond motifs is 1. The van der Waals surface area contributed by atoms with Crippen LogP contribution in [0.3, 0.4) is 0 Å². The van der Waals surface area contributed by atoms with Crippen molar-refractivity contribution in [3.05, 3.63) is 114 Å². The van der Waals surface area contributed by atoms with Crippen LogP contribution >= 0.6 is 0 Å². The summed E-state index contributed by atoms with van der Waals surface area (Å²) in [4.78, 5) is 21.3. The number of benzene rings is 3. The average Bonchev–Trinajstić information content (AvgIpc) is 3.36. The number of hydrogen-bond acceptors (Lipinski definition) is 3. The second-order valence-corrected chi connectivity index (χ2v) is 10.3. The topological polar surface area (TPSA) is 52.9 Å². The number of imidazole rings is 1. The summed E-state index contributed by atoms with van der Waals surface area (Å²) in [6, 6.07) is 20.9. The number of pyridine rings is 1. The van der Waals surface area contributed by atoms with E-state index in [0.717, 1.165) is 35.2 Å². The number of carbonyl (C=O) groups is 1. The van der Waals surface area contributed by atoms with Crippen LogP contribution in [0, 0.1) is 11.6 Å². The fourth-order valence-electron chi connectivity index (χ4n) is 5.22. The molecule has 6 rings (SSSR count). The molecule has 11 heteroatoms. The maximum atomic E-state index is 14.0. The van der Waals surface area contributed by atoms with Crippen molar-refractivity contribution in [2.75, 3.05) is 31.5 Å². The molecule has 0 aliphatic carbocycles. The maximum Gasteiger partial charge on any atom is 0.416 e. The third-order valence-electron chi connectivity index (χ3n) is 7.49. The Morgan fingerprint density at radius 1 is 0.814 bits per heavy atom. The molecule has 43 heavy (non-hydrogen) atoms. The van der Waals surface area contributed by atoms with Crippen LogP contribution in [0.15, 0.2) is 91.1 Å². The number of piperazine rings is 1. The van der Waals surface area contributed by atoms with Crippen LogP contribution in [0.5, 0.6) is 0 Å². The molecule has 220 valence electrons. The highest BCUT2D eigenvalue weighted by Gasteiger charge is 2.30. The molecule has 2 aromatic heterocycles. The highest BCUT2D eigenvalue weighted by molar-refractivity contribution is 5.89. The van der Waals surface area contributed by atoms with Crippen molar-refractivity contribution in [3.8, 4) is 22.4 Å². The van der Waals surface area contributed by atoms with Crippen molar-refractivity contribution < 1.29 is 26.7 Å². The van der Waals surface area contributed by atoms with Crippen molar-refractivity contribution in [1.82, 2.24) is 19.2 Å². The van der Waals surface area contributed by atoms with Gasteiger partial charge in [0.15, 0.2) is 0 Å². The summed E-state index contributed by atoms with van der Waals surface area (Å²) in [5.41, 5.74) is 3.43. The quantitative estimate of drug-likeness (QED) is 0.218. The van der Waals surface area contributed by atoms with Gasteiger partial charge in [-0.2, -0.15) is 13.2 Å². The normalized spacial score (nSPS) is 14.3. The number of amides is 2. The lowest BCUT2D eigenvalue weighted by molar-refractivity contribution is -0.137. The number of urea groups is 1. The van der Waals surface area contributed by atoms with Crippen molar-refractivity contribution in [2.24, 2.45) is 0 Å². The Balaban J connectivity index is 1.26. The van der Waals surface area contributed by atoms with E-state index in [9.17, 15) is 26.7 Å². The second-order valence-electron chi connectivity index (χ2n) is 10.3. The van der Waals surface area contributed by atoms with Crippen LogP contribution in [0.1, 0.15) is 11.3 Å². The van der Waals surface area contributed by atoms with Gasteiger partial charge in [0.1, 0.15) is 17.3 Å². The molecule has 0 saturated carbocycles. The number of halogens is 5. The van der Waals surface area contributed by atoms with E-state index in [2.05, 4.69) is 10.2 Å². The van der Waals surface area contributed by atoms with Gasteiger partial charge in [0, 0.05) is 50.6 Å². The smallest absolute Gasteiger partial charge is 0.322 e. The second kappa shape index (κ2) is 11.5. The van der Waals surface area contributed by atoms with Gasteiger partial charge in [-0.25, -0.2) is 18.6 Å². The molecule has 1 N–H and O–H groups in total. The van der Waals surface area contributed by atoms with Crippen molar-refractivity contribution in [3.63, 3.8) is 0 Å². The zero-order chi connectivity index (χ0) is 30.1. The Labute approximate surface area is 244 Å². The number of nitrogens with zero attached hydrogens (tertiary/aromatic N) is 4. The zero-order valence-electron chi connectivity index (χ0n) is 22.8. The molecule has 5 aromatic rings. The Hall–Kier alpha value is -4.77. The predicted molar refractivity (Wildman–Crippen MR) is 153 cm³/mol. The van der Waals surface area contributed by atoms with Crippen LogP contribution in [-0.4, -0.2) is 51.4 Å². The summed E-state index contributed by atoms with van der Waals surface area (Å²) in [6.45, 7) is 2.27. The van der Waals surface area contributed by atoms with Crippen LogP contribution in [-0.2, 0) is 12.7 Å². The van der Waals surface area contributed by atoms with Crippen LogP contribution in [0.2, 0.25) is 0 Å². The molecule has 0 radical (unpaired) electrons. The number of anilines is 1. The molecule has 1 aliphatic heterocycles. The highest BCUT2D eigenvalue weighted by Crippen LogP contribution is 2.33. The number of hydrogen-bond donors (Lipinski definition) is 1. The molecule has 1 aliphatic rings. The Morgan fingerprint density at radius 3 is 2.28 bits per heavy atom. The zero-order valence-corrected chi connectivity index (χ0v) is 22.8. The summed E-state index contributed by atoms with van der Waals surface area (Å²) in [6.07, 6.45) is -2.65. The van der Waals surface area contributed by atoms with E-state index in [1.807, 2.05) is 34.7 Å². The number of rotatable bonds is 5. The largest absolute Gasteiger partial charge is 0.416 e. The SMILES string of the molecule is O=C(Nc1ccc(F)cc1F)N1CCN(Cc2c(-c3ccccc3)nc3ccc(-c4cccc(C(F)(F)F)c4)cn23)CC1. The van der Waals surface area contributed by atoms with E-state index in [-0.39, 0.29) is 5.69 Å². The Kier molecular flexibility index (Phi) is 7.57. The van der Waals surface area contributed by atoms with Crippen molar-refractivity contribution in [1.29, 1.82) is 0 Å². The molecule has 6 nitrogen and oxygen atoms in total. The number of alkyl halides is 3. The molecule has 2 amide bonds. The first-order valence-electron chi connectivity index (χ1n) is 13.6. The molecule has 0 unspecified atom stereocenters. The third-order valence-corrected chi connectivity index (χ3v) is 7.49. The summed E-state index contributed by atoms with van der Waals surface area (Å²) < 4.78 is 69.3. The molecule has 0 bridgehead atoms. The minimum Gasteiger partial charge on any atom is -0.322 e. The van der Waals surface area contributed by atoms with Crippen LogP contribution < -0.4 is 5.32 Å². The predicted octanol–water partition coefficient (Wildman–Crippen LogP) is 7.32. The van der Waals surface area contributed by atoms with E-state index in [0.29, 0.717) is 55.6 Å². The van der Waals surface area contributed by atoms with Gasteiger partial charge in [0.25, 0.3) is 0 Å². The van der Waals surface area contributed by atoms with Gasteiger partial charge in [0.05, 0.1) is 22.6 Å². The molecule has 0 atom stereocenters. The number of carbonyl (C=O) groups excluding carboxylic acids is 1. The standard InChI is InChI=1S/C32H26F5N5O/c33-25-10-11-27(26(34)18-25)38-31(43)41-15-13-40(14-16-41)20-28-30(21-5-2-1-3-6-21)39-29-12-9-23(19-42(28)29)22-7-4-8-24(17-22)32(35,36)37/h1-12,17-19H,13-16,20H2,(H,38,43).